The maximum Gasteiger partial charge on any atom is 0.245 e. The molecule has 108 valence electrons. The zero-order valence-corrected chi connectivity index (χ0v) is 12.3. The average molecular weight is 274 g/mol. The van der Waals surface area contributed by atoms with E-state index in [2.05, 4.69) is 5.32 Å². The minimum Gasteiger partial charge on any atom is -0.377 e. The van der Waals surface area contributed by atoms with Crippen molar-refractivity contribution in [1.29, 1.82) is 0 Å². The Morgan fingerprint density at radius 1 is 1.45 bits per heavy atom. The molecule has 2 fully saturated rings. The Morgan fingerprint density at radius 2 is 2.20 bits per heavy atom. The smallest absolute Gasteiger partial charge is 0.245 e. The lowest BCUT2D eigenvalue weighted by atomic mass is 9.48. The summed E-state index contributed by atoms with van der Waals surface area (Å²) in [5.74, 6) is 0.0298. The summed E-state index contributed by atoms with van der Waals surface area (Å²) >= 11 is 0. The number of carbonyl (C=O) groups excluding carboxylic acids is 1. The highest BCUT2D eigenvalue weighted by atomic mass is 16.5. The molecule has 4 heteroatoms. The van der Waals surface area contributed by atoms with Gasteiger partial charge in [0.2, 0.25) is 5.91 Å². The van der Waals surface area contributed by atoms with Crippen molar-refractivity contribution in [2.75, 3.05) is 11.9 Å². The topological polar surface area (TPSA) is 64.4 Å². The molecule has 0 radical (unpaired) electrons. The first kappa shape index (κ1) is 13.6. The van der Waals surface area contributed by atoms with Gasteiger partial charge < -0.3 is 15.8 Å². The number of hydrogen-bond acceptors (Lipinski definition) is 3. The molecular weight excluding hydrogens is 252 g/mol. The van der Waals surface area contributed by atoms with Crippen molar-refractivity contribution in [3.63, 3.8) is 0 Å². The Bertz CT molecular complexity index is 555. The number of ether oxygens (including phenoxy) is 1. The number of nitrogens with two attached hydrogens (primary N) is 1. The summed E-state index contributed by atoms with van der Waals surface area (Å²) in [6.45, 7) is 6.75. The fourth-order valence-corrected chi connectivity index (χ4v) is 3.80. The van der Waals surface area contributed by atoms with Crippen LogP contribution in [-0.2, 0) is 9.53 Å². The quantitative estimate of drug-likeness (QED) is 0.867. The summed E-state index contributed by atoms with van der Waals surface area (Å²) in [5.41, 5.74) is 7.24. The van der Waals surface area contributed by atoms with Crippen LogP contribution in [0.1, 0.15) is 25.8 Å². The SMILES string of the molecule is Cc1cccc(NC(=O)C2(N)C3CCOC3C2(C)C)c1. The number of hydrogen-bond donors (Lipinski definition) is 2. The van der Waals surface area contributed by atoms with Gasteiger partial charge in [0.05, 0.1) is 6.10 Å². The van der Waals surface area contributed by atoms with Crippen LogP contribution >= 0.6 is 0 Å². The molecule has 3 atom stereocenters. The van der Waals surface area contributed by atoms with E-state index in [0.29, 0.717) is 6.61 Å². The highest BCUT2D eigenvalue weighted by molar-refractivity contribution is 6.00. The predicted molar refractivity (Wildman–Crippen MR) is 78.4 cm³/mol. The van der Waals surface area contributed by atoms with E-state index in [0.717, 1.165) is 17.7 Å². The molecule has 1 aliphatic carbocycles. The molecule has 0 bridgehead atoms. The van der Waals surface area contributed by atoms with Gasteiger partial charge in [-0.1, -0.05) is 26.0 Å². The van der Waals surface area contributed by atoms with Crippen LogP contribution in [0, 0.1) is 18.3 Å². The number of aryl methyl sites for hydroxylation is 1. The maximum absolute atomic E-state index is 12.7. The highest BCUT2D eigenvalue weighted by Crippen LogP contribution is 2.58. The van der Waals surface area contributed by atoms with Crippen molar-refractivity contribution in [3.8, 4) is 0 Å². The minimum absolute atomic E-state index is 0.0974. The largest absolute Gasteiger partial charge is 0.377 e. The van der Waals surface area contributed by atoms with Crippen LogP contribution in [0.25, 0.3) is 0 Å². The molecule has 1 amide bonds. The zero-order chi connectivity index (χ0) is 14.5. The summed E-state index contributed by atoms with van der Waals surface area (Å²) in [6, 6.07) is 7.78. The van der Waals surface area contributed by atoms with Crippen molar-refractivity contribution in [2.45, 2.75) is 38.8 Å². The van der Waals surface area contributed by atoms with Crippen molar-refractivity contribution in [1.82, 2.24) is 0 Å². The summed E-state index contributed by atoms with van der Waals surface area (Å²) in [6.07, 6.45) is 0.974. The van der Waals surface area contributed by atoms with Crippen molar-refractivity contribution in [2.24, 2.45) is 17.1 Å². The summed E-state index contributed by atoms with van der Waals surface area (Å²) in [4.78, 5) is 12.7. The van der Waals surface area contributed by atoms with Crippen LogP contribution in [-0.4, -0.2) is 24.2 Å². The van der Waals surface area contributed by atoms with Crippen LogP contribution in [0.5, 0.6) is 0 Å². The van der Waals surface area contributed by atoms with Crippen LogP contribution in [0.4, 0.5) is 5.69 Å². The third kappa shape index (κ3) is 1.64. The Labute approximate surface area is 119 Å². The van der Waals surface area contributed by atoms with E-state index < -0.39 is 5.54 Å². The Morgan fingerprint density at radius 3 is 2.90 bits per heavy atom. The van der Waals surface area contributed by atoms with E-state index in [1.165, 1.54) is 0 Å². The molecule has 3 rings (SSSR count). The number of anilines is 1. The summed E-state index contributed by atoms with van der Waals surface area (Å²) in [7, 11) is 0. The highest BCUT2D eigenvalue weighted by Gasteiger charge is 2.71. The van der Waals surface area contributed by atoms with E-state index in [9.17, 15) is 4.79 Å². The minimum atomic E-state index is -0.849. The summed E-state index contributed by atoms with van der Waals surface area (Å²) in [5, 5.41) is 2.97. The van der Waals surface area contributed by atoms with Gasteiger partial charge in [-0.25, -0.2) is 0 Å². The fourth-order valence-electron chi connectivity index (χ4n) is 3.80. The number of rotatable bonds is 2. The van der Waals surface area contributed by atoms with Crippen LogP contribution in [0.15, 0.2) is 24.3 Å². The third-order valence-electron chi connectivity index (χ3n) is 5.11. The number of fused-ring (bicyclic) bond motifs is 1. The molecule has 1 aliphatic heterocycles. The van der Waals surface area contributed by atoms with Gasteiger partial charge >= 0.3 is 0 Å². The fraction of sp³-hybridized carbons (Fsp3) is 0.562. The molecule has 1 saturated carbocycles. The molecule has 3 N–H and O–H groups in total. The molecule has 1 aromatic carbocycles. The Hall–Kier alpha value is -1.39. The lowest BCUT2D eigenvalue weighted by Gasteiger charge is -2.60. The second kappa shape index (κ2) is 4.30. The molecule has 1 heterocycles. The van der Waals surface area contributed by atoms with E-state index in [1.54, 1.807) is 0 Å². The molecule has 20 heavy (non-hydrogen) atoms. The maximum atomic E-state index is 12.7. The molecule has 3 unspecified atom stereocenters. The van der Waals surface area contributed by atoms with Gasteiger partial charge in [0.25, 0.3) is 0 Å². The molecule has 0 aromatic heterocycles. The first-order valence-corrected chi connectivity index (χ1v) is 7.16. The van der Waals surface area contributed by atoms with Crippen LogP contribution in [0.2, 0.25) is 0 Å². The molecule has 2 aliphatic rings. The number of amides is 1. The first-order valence-electron chi connectivity index (χ1n) is 7.16. The second-order valence-electron chi connectivity index (χ2n) is 6.60. The van der Waals surface area contributed by atoms with Crippen LogP contribution in [0.3, 0.4) is 0 Å². The molecular formula is C16H22N2O2. The van der Waals surface area contributed by atoms with E-state index in [-0.39, 0.29) is 23.3 Å². The number of benzene rings is 1. The predicted octanol–water partition coefficient (Wildman–Crippen LogP) is 2.08. The van der Waals surface area contributed by atoms with Gasteiger partial charge in [0.1, 0.15) is 5.54 Å². The van der Waals surface area contributed by atoms with Crippen molar-refractivity contribution < 1.29 is 9.53 Å². The third-order valence-corrected chi connectivity index (χ3v) is 5.11. The monoisotopic (exact) mass is 274 g/mol. The van der Waals surface area contributed by atoms with Gasteiger partial charge in [-0.2, -0.15) is 0 Å². The summed E-state index contributed by atoms with van der Waals surface area (Å²) < 4.78 is 5.72. The molecule has 1 saturated heterocycles. The van der Waals surface area contributed by atoms with Gasteiger partial charge in [-0.3, -0.25) is 4.79 Å². The molecule has 4 nitrogen and oxygen atoms in total. The molecule has 1 aromatic rings. The Balaban J connectivity index is 1.83. The standard InChI is InChI=1S/C16H22N2O2/c1-10-5-4-6-11(9-10)18-14(19)16(17)12-7-8-20-13(12)15(16,2)3/h4-6,9,12-13H,7-8,17H2,1-3H3,(H,18,19). The normalized spacial score (nSPS) is 34.2. The van der Waals surface area contributed by atoms with Gasteiger partial charge in [-0.15, -0.1) is 0 Å². The van der Waals surface area contributed by atoms with Gasteiger partial charge in [0.15, 0.2) is 0 Å². The first-order chi connectivity index (χ1) is 9.37. The lowest BCUT2D eigenvalue weighted by molar-refractivity contribution is -0.170. The van der Waals surface area contributed by atoms with E-state index in [4.69, 9.17) is 10.5 Å². The number of carbonyl (C=O) groups is 1. The average Bonchev–Trinajstić information content (AvgIpc) is 2.85. The van der Waals surface area contributed by atoms with Crippen molar-refractivity contribution >= 4 is 11.6 Å². The van der Waals surface area contributed by atoms with Crippen molar-refractivity contribution in [3.05, 3.63) is 29.8 Å². The molecule has 0 spiro atoms. The van der Waals surface area contributed by atoms with Gasteiger partial charge in [-0.05, 0) is 31.0 Å². The lowest BCUT2D eigenvalue weighted by Crippen LogP contribution is -2.79. The van der Waals surface area contributed by atoms with Crippen LogP contribution < -0.4 is 11.1 Å². The zero-order valence-electron chi connectivity index (χ0n) is 12.3. The number of nitrogens with one attached hydrogen (secondary N) is 1. The van der Waals surface area contributed by atoms with E-state index >= 15 is 0 Å². The second-order valence-corrected chi connectivity index (χ2v) is 6.60. The van der Waals surface area contributed by atoms with E-state index in [1.807, 2.05) is 45.0 Å². The Kier molecular flexibility index (Phi) is 2.92. The van der Waals surface area contributed by atoms with Gasteiger partial charge in [0, 0.05) is 23.6 Å².